The summed E-state index contributed by atoms with van der Waals surface area (Å²) in [7, 11) is 0. The minimum atomic E-state index is 0.189. The van der Waals surface area contributed by atoms with E-state index in [0.29, 0.717) is 13.1 Å². The molecule has 1 aliphatic heterocycles. The van der Waals surface area contributed by atoms with E-state index >= 15 is 0 Å². The van der Waals surface area contributed by atoms with E-state index in [1.54, 1.807) is 0 Å². The van der Waals surface area contributed by atoms with E-state index in [2.05, 4.69) is 17.2 Å². The van der Waals surface area contributed by atoms with Gasteiger partial charge in [-0.3, -0.25) is 10.1 Å². The maximum absolute atomic E-state index is 11.7. The van der Waals surface area contributed by atoms with Crippen LogP contribution in [0.3, 0.4) is 0 Å². The molecule has 0 unspecified atom stereocenters. The molecule has 0 saturated carbocycles. The molecule has 1 N–H and O–H groups in total. The maximum Gasteiger partial charge on any atom is 0.236 e. The van der Waals surface area contributed by atoms with Crippen molar-refractivity contribution in [2.75, 3.05) is 26.2 Å². The number of benzene rings is 1. The number of carbonyl (C=O) groups excluding carboxylic acids is 1. The molecule has 0 bridgehead atoms. The molecule has 1 saturated heterocycles. The zero-order valence-corrected chi connectivity index (χ0v) is 10.5. The van der Waals surface area contributed by atoms with Crippen LogP contribution in [0.1, 0.15) is 18.4 Å². The summed E-state index contributed by atoms with van der Waals surface area (Å²) in [5.74, 6) is 6.26. The van der Waals surface area contributed by atoms with Crippen LogP contribution < -0.4 is 5.32 Å². The lowest BCUT2D eigenvalue weighted by Crippen LogP contribution is -2.36. The fourth-order valence-electron chi connectivity index (χ4n) is 1.98. The normalized spacial score (nSPS) is 14.1. The van der Waals surface area contributed by atoms with Gasteiger partial charge in [-0.1, -0.05) is 30.0 Å². The summed E-state index contributed by atoms with van der Waals surface area (Å²) >= 11 is 0. The van der Waals surface area contributed by atoms with Crippen molar-refractivity contribution in [3.63, 3.8) is 0 Å². The van der Waals surface area contributed by atoms with Gasteiger partial charge in [-0.15, -0.1) is 0 Å². The molecule has 0 spiro atoms. The molecule has 1 aromatic carbocycles. The van der Waals surface area contributed by atoms with Crippen LogP contribution in [0, 0.1) is 11.8 Å². The van der Waals surface area contributed by atoms with Gasteiger partial charge in [0, 0.05) is 18.7 Å². The predicted molar refractivity (Wildman–Crippen MR) is 72.0 cm³/mol. The second-order valence-electron chi connectivity index (χ2n) is 4.36. The van der Waals surface area contributed by atoms with E-state index in [4.69, 9.17) is 0 Å². The molecule has 1 amide bonds. The fourth-order valence-corrected chi connectivity index (χ4v) is 1.98. The van der Waals surface area contributed by atoms with Crippen molar-refractivity contribution < 1.29 is 4.79 Å². The third-order valence-corrected chi connectivity index (χ3v) is 2.95. The number of likely N-dealkylation sites (tertiary alicyclic amines) is 1. The molecule has 1 fully saturated rings. The van der Waals surface area contributed by atoms with Crippen LogP contribution in [0.5, 0.6) is 0 Å². The number of carbonyl (C=O) groups is 1. The molecule has 3 nitrogen and oxygen atoms in total. The Morgan fingerprint density at radius 3 is 2.67 bits per heavy atom. The number of nitrogens with zero attached hydrogens (tertiary/aromatic N) is 1. The van der Waals surface area contributed by atoms with E-state index < -0.39 is 0 Å². The maximum atomic E-state index is 11.7. The van der Waals surface area contributed by atoms with Crippen LogP contribution in [0.4, 0.5) is 0 Å². The van der Waals surface area contributed by atoms with Crippen molar-refractivity contribution in [2.45, 2.75) is 12.8 Å². The molecule has 0 aromatic heterocycles. The molecule has 0 radical (unpaired) electrons. The first kappa shape index (κ1) is 12.7. The average molecular weight is 242 g/mol. The Bertz CT molecular complexity index is 439. The molecule has 18 heavy (non-hydrogen) atoms. The average Bonchev–Trinajstić information content (AvgIpc) is 2.93. The molecule has 2 rings (SSSR count). The van der Waals surface area contributed by atoms with Gasteiger partial charge in [0.2, 0.25) is 5.91 Å². The van der Waals surface area contributed by atoms with E-state index in [1.165, 1.54) is 0 Å². The van der Waals surface area contributed by atoms with Crippen molar-refractivity contribution in [1.82, 2.24) is 10.2 Å². The number of rotatable bonds is 3. The van der Waals surface area contributed by atoms with Gasteiger partial charge < -0.3 is 4.90 Å². The number of amides is 1. The molecule has 1 heterocycles. The smallest absolute Gasteiger partial charge is 0.236 e. The zero-order valence-electron chi connectivity index (χ0n) is 10.5. The van der Waals surface area contributed by atoms with Gasteiger partial charge in [-0.05, 0) is 25.0 Å². The summed E-state index contributed by atoms with van der Waals surface area (Å²) in [6, 6.07) is 9.85. The van der Waals surface area contributed by atoms with Gasteiger partial charge in [0.15, 0.2) is 0 Å². The van der Waals surface area contributed by atoms with Crippen molar-refractivity contribution in [3.8, 4) is 11.8 Å². The second-order valence-corrected chi connectivity index (χ2v) is 4.36. The van der Waals surface area contributed by atoms with Crippen LogP contribution in [-0.2, 0) is 4.79 Å². The highest BCUT2D eigenvalue weighted by Crippen LogP contribution is 2.06. The minimum Gasteiger partial charge on any atom is -0.342 e. The Labute approximate surface area is 108 Å². The lowest BCUT2D eigenvalue weighted by Gasteiger charge is -2.14. The summed E-state index contributed by atoms with van der Waals surface area (Å²) in [5, 5.41) is 3.07. The third-order valence-electron chi connectivity index (χ3n) is 2.95. The van der Waals surface area contributed by atoms with Gasteiger partial charge in [0.25, 0.3) is 0 Å². The van der Waals surface area contributed by atoms with E-state index in [9.17, 15) is 4.79 Å². The third kappa shape index (κ3) is 3.90. The van der Waals surface area contributed by atoms with Crippen molar-refractivity contribution >= 4 is 5.91 Å². The second kappa shape index (κ2) is 6.83. The lowest BCUT2D eigenvalue weighted by atomic mass is 10.2. The highest BCUT2D eigenvalue weighted by atomic mass is 16.2. The van der Waals surface area contributed by atoms with Gasteiger partial charge in [-0.25, -0.2) is 0 Å². The zero-order chi connectivity index (χ0) is 12.6. The molecule has 1 aliphatic rings. The lowest BCUT2D eigenvalue weighted by molar-refractivity contribution is -0.129. The van der Waals surface area contributed by atoms with Crippen LogP contribution in [0.2, 0.25) is 0 Å². The summed E-state index contributed by atoms with van der Waals surface area (Å²) in [5.41, 5.74) is 1.00. The molecule has 94 valence electrons. The first-order chi connectivity index (χ1) is 8.86. The van der Waals surface area contributed by atoms with Gasteiger partial charge in [0.05, 0.1) is 13.1 Å². The van der Waals surface area contributed by atoms with Gasteiger partial charge in [0.1, 0.15) is 0 Å². The van der Waals surface area contributed by atoms with Crippen LogP contribution in [-0.4, -0.2) is 37.0 Å². The quantitative estimate of drug-likeness (QED) is 0.639. The fraction of sp³-hybridized carbons (Fsp3) is 0.400. The largest absolute Gasteiger partial charge is 0.342 e. The van der Waals surface area contributed by atoms with Gasteiger partial charge in [-0.2, -0.15) is 0 Å². The topological polar surface area (TPSA) is 32.3 Å². The number of nitrogens with one attached hydrogen (secondary N) is 1. The summed E-state index contributed by atoms with van der Waals surface area (Å²) in [6.45, 7) is 2.77. The molecule has 1 aromatic rings. The highest BCUT2D eigenvalue weighted by molar-refractivity contribution is 5.78. The Morgan fingerprint density at radius 1 is 1.22 bits per heavy atom. The van der Waals surface area contributed by atoms with E-state index in [0.717, 1.165) is 31.5 Å². The molecular formula is C15H18N2O. The molecule has 0 atom stereocenters. The van der Waals surface area contributed by atoms with E-state index in [-0.39, 0.29) is 5.91 Å². The predicted octanol–water partition coefficient (Wildman–Crippen LogP) is 1.25. The van der Waals surface area contributed by atoms with Crippen LogP contribution >= 0.6 is 0 Å². The Morgan fingerprint density at radius 2 is 1.94 bits per heavy atom. The Balaban J connectivity index is 1.67. The SMILES string of the molecule is O=C(CNCC#Cc1ccccc1)N1CCCC1. The van der Waals surface area contributed by atoms with Crippen LogP contribution in [0.25, 0.3) is 0 Å². The van der Waals surface area contributed by atoms with Crippen LogP contribution in [0.15, 0.2) is 30.3 Å². The first-order valence-corrected chi connectivity index (χ1v) is 6.39. The summed E-state index contributed by atoms with van der Waals surface area (Å²) < 4.78 is 0. The molecular weight excluding hydrogens is 224 g/mol. The Kier molecular flexibility index (Phi) is 4.80. The highest BCUT2D eigenvalue weighted by Gasteiger charge is 2.16. The van der Waals surface area contributed by atoms with Crippen molar-refractivity contribution in [3.05, 3.63) is 35.9 Å². The van der Waals surface area contributed by atoms with Gasteiger partial charge >= 0.3 is 0 Å². The minimum absolute atomic E-state index is 0.189. The first-order valence-electron chi connectivity index (χ1n) is 6.39. The van der Waals surface area contributed by atoms with Crippen molar-refractivity contribution in [1.29, 1.82) is 0 Å². The summed E-state index contributed by atoms with van der Waals surface area (Å²) in [4.78, 5) is 13.6. The standard InChI is InChI=1S/C15H18N2O/c18-15(17-11-4-5-12-17)13-16-10-6-9-14-7-2-1-3-8-14/h1-3,7-8,16H,4-5,10-13H2. The molecule has 3 heteroatoms. The van der Waals surface area contributed by atoms with E-state index in [1.807, 2.05) is 35.2 Å². The number of hydrogen-bond acceptors (Lipinski definition) is 2. The summed E-state index contributed by atoms with van der Waals surface area (Å²) in [6.07, 6.45) is 2.28. The monoisotopic (exact) mass is 242 g/mol. The molecule has 0 aliphatic carbocycles. The Hall–Kier alpha value is -1.79. The van der Waals surface area contributed by atoms with Crippen molar-refractivity contribution in [2.24, 2.45) is 0 Å². The number of hydrogen-bond donors (Lipinski definition) is 1.